The highest BCUT2D eigenvalue weighted by Gasteiger charge is 2.12. The second-order valence-electron chi connectivity index (χ2n) is 4.35. The average molecular weight is 332 g/mol. The molecule has 2 rings (SSSR count). The van der Waals surface area contributed by atoms with E-state index in [-0.39, 0.29) is 6.61 Å². The first-order valence-corrected chi connectivity index (χ1v) is 7.79. The molecule has 0 radical (unpaired) electrons. The normalized spacial score (nSPS) is 9.96. The van der Waals surface area contributed by atoms with E-state index in [4.69, 9.17) is 9.47 Å². The molecule has 6 nitrogen and oxygen atoms in total. The Bertz CT molecular complexity index is 694. The number of carbonyl (C=O) groups is 2. The van der Waals surface area contributed by atoms with E-state index in [0.717, 1.165) is 5.56 Å². The third-order valence-corrected chi connectivity index (χ3v) is 3.59. The van der Waals surface area contributed by atoms with Crippen molar-refractivity contribution in [1.82, 2.24) is 4.98 Å². The van der Waals surface area contributed by atoms with Gasteiger partial charge in [-0.05, 0) is 31.2 Å². The van der Waals surface area contributed by atoms with Crippen molar-refractivity contribution >= 4 is 29.1 Å². The van der Waals surface area contributed by atoms with Gasteiger partial charge in [0.15, 0.2) is 5.69 Å². The summed E-state index contributed by atoms with van der Waals surface area (Å²) in [6.07, 6.45) is 0.947. The number of nitrogens with zero attached hydrogens (tertiary/aromatic N) is 1. The van der Waals surface area contributed by atoms with Crippen LogP contribution in [-0.4, -0.2) is 30.3 Å². The van der Waals surface area contributed by atoms with Crippen LogP contribution in [0.15, 0.2) is 42.3 Å². The highest BCUT2D eigenvalue weighted by molar-refractivity contribution is 7.13. The lowest BCUT2D eigenvalue weighted by Gasteiger charge is -2.05. The summed E-state index contributed by atoms with van der Waals surface area (Å²) in [6, 6.07) is 7.07. The number of hydrogen-bond donors (Lipinski definition) is 1. The molecule has 0 atom stereocenters. The van der Waals surface area contributed by atoms with Gasteiger partial charge in [0.25, 0.3) is 0 Å². The quantitative estimate of drug-likeness (QED) is 0.644. The van der Waals surface area contributed by atoms with Gasteiger partial charge < -0.3 is 9.47 Å². The molecule has 1 aromatic heterocycles. The Morgan fingerprint density at radius 2 is 2.04 bits per heavy atom. The van der Waals surface area contributed by atoms with Gasteiger partial charge in [-0.15, -0.1) is 11.3 Å². The average Bonchev–Trinajstić information content (AvgIpc) is 3.04. The molecule has 7 heteroatoms. The molecule has 0 aliphatic rings. The fraction of sp³-hybridized carbons (Fsp3) is 0.188. The minimum absolute atomic E-state index is 0.152. The number of rotatable bonds is 6. The van der Waals surface area contributed by atoms with Crippen LogP contribution in [0.2, 0.25) is 0 Å². The van der Waals surface area contributed by atoms with Gasteiger partial charge in [0.2, 0.25) is 0 Å². The zero-order valence-electron chi connectivity index (χ0n) is 12.6. The Kier molecular flexibility index (Phi) is 5.87. The second kappa shape index (κ2) is 8.09. The molecule has 1 amide bonds. The molecule has 1 N–H and O–H groups in total. The van der Waals surface area contributed by atoms with Crippen LogP contribution in [0.4, 0.5) is 10.5 Å². The summed E-state index contributed by atoms with van der Waals surface area (Å²) in [5, 5.41) is 4.96. The minimum atomic E-state index is -0.545. The van der Waals surface area contributed by atoms with Crippen LogP contribution < -0.4 is 5.32 Å². The Balaban J connectivity index is 2.03. The predicted molar refractivity (Wildman–Crippen MR) is 88.7 cm³/mol. The number of amides is 1. The highest BCUT2D eigenvalue weighted by atomic mass is 32.1. The van der Waals surface area contributed by atoms with E-state index >= 15 is 0 Å². The van der Waals surface area contributed by atoms with Crippen molar-refractivity contribution < 1.29 is 19.1 Å². The molecule has 1 heterocycles. The molecule has 0 saturated carbocycles. The topological polar surface area (TPSA) is 77.5 Å². The lowest BCUT2D eigenvalue weighted by molar-refractivity contribution is 0.0520. The lowest BCUT2D eigenvalue weighted by Crippen LogP contribution is -2.13. The third-order valence-electron chi connectivity index (χ3n) is 2.70. The number of thiazole rings is 1. The van der Waals surface area contributed by atoms with E-state index in [0.29, 0.717) is 23.0 Å². The van der Waals surface area contributed by atoms with Gasteiger partial charge in [0.1, 0.15) is 11.6 Å². The maximum absolute atomic E-state index is 11.6. The first-order valence-electron chi connectivity index (χ1n) is 6.91. The first-order chi connectivity index (χ1) is 11.1. The summed E-state index contributed by atoms with van der Waals surface area (Å²) in [6.45, 7) is 5.68. The van der Waals surface area contributed by atoms with Crippen molar-refractivity contribution in [2.75, 3.05) is 18.5 Å². The Labute approximate surface area is 137 Å². The molecule has 2 aromatic rings. The molecule has 0 saturated heterocycles. The van der Waals surface area contributed by atoms with Gasteiger partial charge in [0.05, 0.1) is 6.61 Å². The Morgan fingerprint density at radius 3 is 2.70 bits per heavy atom. The van der Waals surface area contributed by atoms with Crippen LogP contribution in [0.3, 0.4) is 0 Å². The molecular weight excluding hydrogens is 316 g/mol. The van der Waals surface area contributed by atoms with Crippen molar-refractivity contribution in [2.45, 2.75) is 6.92 Å². The van der Waals surface area contributed by atoms with Crippen LogP contribution in [0, 0.1) is 0 Å². The maximum Gasteiger partial charge on any atom is 0.411 e. The van der Waals surface area contributed by atoms with E-state index in [1.54, 1.807) is 36.6 Å². The summed E-state index contributed by atoms with van der Waals surface area (Å²) < 4.78 is 9.74. The van der Waals surface area contributed by atoms with Gasteiger partial charge in [-0.1, -0.05) is 12.7 Å². The molecule has 0 unspecified atom stereocenters. The number of aromatic nitrogens is 1. The van der Waals surface area contributed by atoms with Gasteiger partial charge in [0, 0.05) is 16.6 Å². The van der Waals surface area contributed by atoms with Gasteiger partial charge in [-0.25, -0.2) is 14.6 Å². The van der Waals surface area contributed by atoms with Crippen molar-refractivity contribution in [3.63, 3.8) is 0 Å². The van der Waals surface area contributed by atoms with E-state index < -0.39 is 12.1 Å². The van der Waals surface area contributed by atoms with E-state index in [1.165, 1.54) is 17.4 Å². The summed E-state index contributed by atoms with van der Waals surface area (Å²) in [5.74, 6) is -0.432. The number of esters is 1. The summed E-state index contributed by atoms with van der Waals surface area (Å²) >= 11 is 1.35. The van der Waals surface area contributed by atoms with Crippen molar-refractivity contribution in [2.24, 2.45) is 0 Å². The van der Waals surface area contributed by atoms with Crippen molar-refractivity contribution in [3.05, 3.63) is 48.0 Å². The zero-order chi connectivity index (χ0) is 16.7. The van der Waals surface area contributed by atoms with Gasteiger partial charge >= 0.3 is 12.1 Å². The number of nitrogens with one attached hydrogen (secondary N) is 1. The number of carbonyl (C=O) groups excluding carboxylic acids is 2. The van der Waals surface area contributed by atoms with Crippen molar-refractivity contribution in [1.29, 1.82) is 0 Å². The fourth-order valence-corrected chi connectivity index (χ4v) is 2.49. The van der Waals surface area contributed by atoms with Crippen LogP contribution >= 0.6 is 11.3 Å². The van der Waals surface area contributed by atoms with Crippen LogP contribution in [0.5, 0.6) is 0 Å². The first kappa shape index (κ1) is 16.7. The number of anilines is 1. The summed E-state index contributed by atoms with van der Waals surface area (Å²) in [5.41, 5.74) is 1.74. The van der Waals surface area contributed by atoms with E-state index in [9.17, 15) is 9.59 Å². The Hall–Kier alpha value is -2.67. The minimum Gasteiger partial charge on any atom is -0.461 e. The fourth-order valence-electron chi connectivity index (χ4n) is 1.69. The second-order valence-corrected chi connectivity index (χ2v) is 5.21. The number of hydrogen-bond acceptors (Lipinski definition) is 6. The molecular formula is C16H16N2O4S. The largest absolute Gasteiger partial charge is 0.461 e. The predicted octanol–water partition coefficient (Wildman–Crippen LogP) is 3.72. The summed E-state index contributed by atoms with van der Waals surface area (Å²) in [4.78, 5) is 27.3. The molecule has 0 bridgehead atoms. The smallest absolute Gasteiger partial charge is 0.411 e. The summed E-state index contributed by atoms with van der Waals surface area (Å²) in [7, 11) is 0. The number of benzene rings is 1. The van der Waals surface area contributed by atoms with Crippen LogP contribution in [0.25, 0.3) is 10.6 Å². The molecule has 0 fully saturated rings. The van der Waals surface area contributed by atoms with E-state index in [2.05, 4.69) is 16.9 Å². The van der Waals surface area contributed by atoms with Gasteiger partial charge in [-0.3, -0.25) is 5.32 Å². The molecule has 120 valence electrons. The number of ether oxygens (including phenoxy) is 2. The molecule has 1 aromatic carbocycles. The standard InChI is InChI=1S/C16H16N2O4S/c1-3-9-22-16(20)17-12-7-5-11(6-8-12)14-18-13(10-23-14)15(19)21-4-2/h3,5-8,10H,1,4,9H2,2H3,(H,17,20). The highest BCUT2D eigenvalue weighted by Crippen LogP contribution is 2.25. The molecule has 0 aliphatic carbocycles. The van der Waals surface area contributed by atoms with Crippen LogP contribution in [0.1, 0.15) is 17.4 Å². The molecule has 0 spiro atoms. The van der Waals surface area contributed by atoms with E-state index in [1.807, 2.05) is 0 Å². The third kappa shape index (κ3) is 4.65. The van der Waals surface area contributed by atoms with Crippen LogP contribution in [-0.2, 0) is 9.47 Å². The maximum atomic E-state index is 11.6. The SMILES string of the molecule is C=CCOC(=O)Nc1ccc(-c2nc(C(=O)OCC)cs2)cc1. The van der Waals surface area contributed by atoms with Gasteiger partial charge in [-0.2, -0.15) is 0 Å². The zero-order valence-corrected chi connectivity index (χ0v) is 13.4. The molecule has 23 heavy (non-hydrogen) atoms. The Morgan fingerprint density at radius 1 is 1.30 bits per heavy atom. The monoisotopic (exact) mass is 332 g/mol. The van der Waals surface area contributed by atoms with Crippen molar-refractivity contribution in [3.8, 4) is 10.6 Å². The molecule has 0 aliphatic heterocycles. The lowest BCUT2D eigenvalue weighted by atomic mass is 10.2.